The first-order chi connectivity index (χ1) is 15.4. The number of aromatic nitrogens is 1. The van der Waals surface area contributed by atoms with Crippen LogP contribution in [-0.4, -0.2) is 61.3 Å². The summed E-state index contributed by atoms with van der Waals surface area (Å²) in [6.45, 7) is 3.27. The average Bonchev–Trinajstić information content (AvgIpc) is 2.82. The van der Waals surface area contributed by atoms with E-state index in [-0.39, 0.29) is 30.5 Å². The van der Waals surface area contributed by atoms with Gasteiger partial charge < -0.3 is 9.64 Å². The quantitative estimate of drug-likeness (QED) is 0.614. The number of amides is 1. The van der Waals surface area contributed by atoms with Crippen LogP contribution in [-0.2, 0) is 14.8 Å². The Morgan fingerprint density at radius 2 is 1.81 bits per heavy atom. The predicted molar refractivity (Wildman–Crippen MR) is 122 cm³/mol. The maximum absolute atomic E-state index is 13.4. The van der Waals surface area contributed by atoms with Gasteiger partial charge in [0.1, 0.15) is 17.3 Å². The third-order valence-electron chi connectivity index (χ3n) is 5.86. The highest BCUT2D eigenvalue weighted by atomic mass is 32.2. The van der Waals surface area contributed by atoms with Crippen molar-refractivity contribution in [1.82, 2.24) is 14.2 Å². The number of para-hydroxylation sites is 2. The Bertz CT molecular complexity index is 1340. The van der Waals surface area contributed by atoms with Crippen molar-refractivity contribution >= 4 is 32.9 Å². The standard InChI is InChI=1S/C24H23N3O4S/c1-17-13-19-6-4-8-22(23(19)25-15-17)32(29,30)27-11-9-26(10-12-27)24(28)20-14-18-5-2-3-7-21(18)31-16-20/h2-8,13-15H,9-12,16H2,1H3. The van der Waals surface area contributed by atoms with Gasteiger partial charge in [0, 0.05) is 43.3 Å². The Hall–Kier alpha value is -3.23. The van der Waals surface area contributed by atoms with Crippen molar-refractivity contribution in [3.63, 3.8) is 0 Å². The van der Waals surface area contributed by atoms with E-state index in [2.05, 4.69) is 4.98 Å². The van der Waals surface area contributed by atoms with Crippen molar-refractivity contribution in [3.8, 4) is 5.75 Å². The molecule has 0 radical (unpaired) electrons. The number of ether oxygens (including phenoxy) is 1. The fourth-order valence-corrected chi connectivity index (χ4v) is 5.75. The van der Waals surface area contributed by atoms with E-state index in [1.54, 1.807) is 23.2 Å². The molecule has 0 atom stereocenters. The largest absolute Gasteiger partial charge is 0.488 e. The second kappa shape index (κ2) is 8.03. The Kier molecular flexibility index (Phi) is 5.19. The van der Waals surface area contributed by atoms with Crippen molar-refractivity contribution in [3.05, 3.63) is 71.4 Å². The van der Waals surface area contributed by atoms with Gasteiger partial charge in [-0.15, -0.1) is 0 Å². The van der Waals surface area contributed by atoms with Crippen LogP contribution in [0.25, 0.3) is 17.0 Å². The Morgan fingerprint density at radius 1 is 1.03 bits per heavy atom. The number of carbonyl (C=O) groups is 1. The molecule has 7 nitrogen and oxygen atoms in total. The van der Waals surface area contributed by atoms with Crippen LogP contribution in [0.4, 0.5) is 0 Å². The zero-order valence-corrected chi connectivity index (χ0v) is 18.5. The van der Waals surface area contributed by atoms with Crippen LogP contribution in [0.1, 0.15) is 11.1 Å². The van der Waals surface area contributed by atoms with Gasteiger partial charge in [-0.3, -0.25) is 9.78 Å². The third-order valence-corrected chi connectivity index (χ3v) is 7.79. The van der Waals surface area contributed by atoms with Crippen molar-refractivity contribution < 1.29 is 17.9 Å². The fraction of sp³-hybridized carbons (Fsp3) is 0.250. The van der Waals surface area contributed by atoms with E-state index in [1.165, 1.54) is 4.31 Å². The number of nitrogens with zero attached hydrogens (tertiary/aromatic N) is 3. The monoisotopic (exact) mass is 449 g/mol. The zero-order valence-electron chi connectivity index (χ0n) is 17.7. The number of sulfonamides is 1. The van der Waals surface area contributed by atoms with E-state index in [0.717, 1.165) is 22.3 Å². The van der Waals surface area contributed by atoms with Gasteiger partial charge in [0.15, 0.2) is 0 Å². The number of hydrogen-bond acceptors (Lipinski definition) is 5. The number of aryl methyl sites for hydroxylation is 1. The molecule has 5 rings (SSSR count). The Labute approximate surface area is 187 Å². The van der Waals surface area contributed by atoms with Crippen molar-refractivity contribution in [2.75, 3.05) is 32.8 Å². The molecule has 1 aromatic heterocycles. The van der Waals surface area contributed by atoms with Gasteiger partial charge in [-0.05, 0) is 36.8 Å². The summed E-state index contributed by atoms with van der Waals surface area (Å²) in [7, 11) is -3.72. The van der Waals surface area contributed by atoms with Gasteiger partial charge in [-0.25, -0.2) is 8.42 Å². The van der Waals surface area contributed by atoms with Crippen molar-refractivity contribution in [1.29, 1.82) is 0 Å². The normalized spacial score (nSPS) is 16.9. The summed E-state index contributed by atoms with van der Waals surface area (Å²) in [4.78, 5) is 19.3. The second-order valence-electron chi connectivity index (χ2n) is 8.03. The smallest absolute Gasteiger partial charge is 0.253 e. The molecule has 3 aromatic rings. The lowest BCUT2D eigenvalue weighted by Crippen LogP contribution is -2.51. The summed E-state index contributed by atoms with van der Waals surface area (Å²) < 4.78 is 33.8. The van der Waals surface area contributed by atoms with Crippen LogP contribution in [0.2, 0.25) is 0 Å². The summed E-state index contributed by atoms with van der Waals surface area (Å²) >= 11 is 0. The maximum Gasteiger partial charge on any atom is 0.253 e. The van der Waals surface area contributed by atoms with Crippen LogP contribution in [0.5, 0.6) is 5.75 Å². The number of fused-ring (bicyclic) bond motifs is 2. The lowest BCUT2D eigenvalue weighted by Gasteiger charge is -2.35. The second-order valence-corrected chi connectivity index (χ2v) is 9.94. The van der Waals surface area contributed by atoms with Crippen LogP contribution in [0.15, 0.2) is 65.2 Å². The molecule has 8 heteroatoms. The molecule has 0 bridgehead atoms. The molecule has 3 heterocycles. The zero-order chi connectivity index (χ0) is 22.3. The number of pyridine rings is 1. The fourth-order valence-electron chi connectivity index (χ4n) is 4.16. The first-order valence-corrected chi connectivity index (χ1v) is 11.9. The summed E-state index contributed by atoms with van der Waals surface area (Å²) in [6.07, 6.45) is 3.53. The number of carbonyl (C=O) groups excluding carboxylic acids is 1. The molecule has 0 saturated carbocycles. The van der Waals surface area contributed by atoms with Gasteiger partial charge in [-0.2, -0.15) is 4.31 Å². The molecule has 1 amide bonds. The summed E-state index contributed by atoms with van der Waals surface area (Å²) in [5.41, 5.74) is 2.90. The van der Waals surface area contributed by atoms with E-state index in [0.29, 0.717) is 24.2 Å². The molecule has 2 aliphatic heterocycles. The number of hydrogen-bond donors (Lipinski definition) is 0. The predicted octanol–water partition coefficient (Wildman–Crippen LogP) is 2.85. The highest BCUT2D eigenvalue weighted by Gasteiger charge is 2.32. The van der Waals surface area contributed by atoms with Gasteiger partial charge in [0.2, 0.25) is 10.0 Å². The Balaban J connectivity index is 1.33. The summed E-state index contributed by atoms with van der Waals surface area (Å²) in [5, 5.41) is 0.796. The van der Waals surface area contributed by atoms with Crippen LogP contribution in [0.3, 0.4) is 0 Å². The lowest BCUT2D eigenvalue weighted by atomic mass is 10.1. The number of benzene rings is 2. The molecular formula is C24H23N3O4S. The van der Waals surface area contributed by atoms with Gasteiger partial charge in [-0.1, -0.05) is 30.3 Å². The third kappa shape index (κ3) is 3.65. The van der Waals surface area contributed by atoms with Crippen LogP contribution >= 0.6 is 0 Å². The molecule has 0 aliphatic carbocycles. The number of rotatable bonds is 3. The minimum atomic E-state index is -3.72. The highest BCUT2D eigenvalue weighted by molar-refractivity contribution is 7.89. The first-order valence-electron chi connectivity index (χ1n) is 10.5. The molecular weight excluding hydrogens is 426 g/mol. The van der Waals surface area contributed by atoms with E-state index < -0.39 is 10.0 Å². The lowest BCUT2D eigenvalue weighted by molar-refractivity contribution is -0.128. The molecule has 1 fully saturated rings. The molecule has 0 N–H and O–H groups in total. The van der Waals surface area contributed by atoms with E-state index in [1.807, 2.05) is 49.4 Å². The van der Waals surface area contributed by atoms with Crippen molar-refractivity contribution in [2.24, 2.45) is 0 Å². The van der Waals surface area contributed by atoms with E-state index >= 15 is 0 Å². The minimum absolute atomic E-state index is 0.112. The summed E-state index contributed by atoms with van der Waals surface area (Å²) in [6, 6.07) is 14.7. The number of piperazine rings is 1. The Morgan fingerprint density at radius 3 is 2.62 bits per heavy atom. The first kappa shape index (κ1) is 20.7. The van der Waals surface area contributed by atoms with Gasteiger partial charge >= 0.3 is 0 Å². The van der Waals surface area contributed by atoms with Crippen LogP contribution < -0.4 is 4.74 Å². The molecule has 0 unspecified atom stereocenters. The van der Waals surface area contributed by atoms with Crippen molar-refractivity contribution in [2.45, 2.75) is 11.8 Å². The summed E-state index contributed by atoms with van der Waals surface area (Å²) in [5.74, 6) is 0.651. The maximum atomic E-state index is 13.4. The molecule has 0 spiro atoms. The molecule has 32 heavy (non-hydrogen) atoms. The topological polar surface area (TPSA) is 79.8 Å². The SMILES string of the molecule is Cc1cnc2c(S(=O)(=O)N3CCN(C(=O)C4=Cc5ccccc5OC4)CC3)cccc2c1. The van der Waals surface area contributed by atoms with Gasteiger partial charge in [0.05, 0.1) is 11.1 Å². The molecule has 2 aromatic carbocycles. The molecule has 2 aliphatic rings. The minimum Gasteiger partial charge on any atom is -0.488 e. The average molecular weight is 450 g/mol. The van der Waals surface area contributed by atoms with E-state index in [9.17, 15) is 13.2 Å². The highest BCUT2D eigenvalue weighted by Crippen LogP contribution is 2.28. The van der Waals surface area contributed by atoms with Crippen LogP contribution in [0, 0.1) is 6.92 Å². The molecule has 1 saturated heterocycles. The molecule has 164 valence electrons. The van der Waals surface area contributed by atoms with E-state index in [4.69, 9.17) is 4.74 Å². The van der Waals surface area contributed by atoms with Gasteiger partial charge in [0.25, 0.3) is 5.91 Å².